The third-order valence-corrected chi connectivity index (χ3v) is 3.04. The van der Waals surface area contributed by atoms with E-state index in [1.807, 2.05) is 0 Å². The molecule has 2 N–H and O–H groups in total. The average molecular weight is 227 g/mol. The Morgan fingerprint density at radius 3 is 2.62 bits per heavy atom. The van der Waals surface area contributed by atoms with Gasteiger partial charge in [-0.15, -0.1) is 0 Å². The zero-order valence-electron chi connectivity index (χ0n) is 10.3. The Morgan fingerprint density at radius 2 is 2.12 bits per heavy atom. The summed E-state index contributed by atoms with van der Waals surface area (Å²) in [5.74, 6) is -0.189. The largest absolute Gasteiger partial charge is 0.347 e. The highest BCUT2D eigenvalue weighted by atomic mass is 16.2. The second kappa shape index (κ2) is 5.30. The number of likely N-dealkylation sites (N-methyl/N-ethyl adjacent to an activating group) is 1. The predicted octanol–water partition coefficient (Wildman–Crippen LogP) is -0.340. The van der Waals surface area contributed by atoms with Crippen molar-refractivity contribution >= 4 is 11.8 Å². The fourth-order valence-electron chi connectivity index (χ4n) is 1.97. The Bertz CT molecular complexity index is 278. The average Bonchev–Trinajstić information content (AvgIpc) is 2.74. The van der Waals surface area contributed by atoms with E-state index < -0.39 is 0 Å². The molecule has 1 aliphatic rings. The van der Waals surface area contributed by atoms with Gasteiger partial charge in [0, 0.05) is 33.1 Å². The molecule has 0 bridgehead atoms. The van der Waals surface area contributed by atoms with Crippen LogP contribution in [0.2, 0.25) is 0 Å². The van der Waals surface area contributed by atoms with Gasteiger partial charge >= 0.3 is 0 Å². The molecule has 1 heterocycles. The maximum atomic E-state index is 12.0. The normalized spacial score (nSPS) is 22.0. The van der Waals surface area contributed by atoms with Crippen LogP contribution in [0.1, 0.15) is 19.8 Å². The third-order valence-electron chi connectivity index (χ3n) is 3.04. The van der Waals surface area contributed by atoms with Crippen molar-refractivity contribution in [1.29, 1.82) is 0 Å². The van der Waals surface area contributed by atoms with Crippen molar-refractivity contribution in [2.24, 2.45) is 11.7 Å². The van der Waals surface area contributed by atoms with Crippen LogP contribution in [0.5, 0.6) is 0 Å². The van der Waals surface area contributed by atoms with E-state index in [0.717, 1.165) is 12.8 Å². The second-order valence-electron chi connectivity index (χ2n) is 4.56. The highest BCUT2D eigenvalue weighted by Crippen LogP contribution is 2.20. The molecule has 0 spiro atoms. The molecule has 1 saturated heterocycles. The smallest absolute Gasteiger partial charge is 0.244 e. The summed E-state index contributed by atoms with van der Waals surface area (Å²) >= 11 is 0. The summed E-state index contributed by atoms with van der Waals surface area (Å²) in [7, 11) is 3.44. The quantitative estimate of drug-likeness (QED) is 0.717. The molecular formula is C11H21N3O2. The molecule has 5 nitrogen and oxygen atoms in total. The van der Waals surface area contributed by atoms with Crippen LogP contribution in [0.3, 0.4) is 0 Å². The van der Waals surface area contributed by atoms with Gasteiger partial charge in [0.15, 0.2) is 0 Å². The zero-order valence-corrected chi connectivity index (χ0v) is 10.3. The van der Waals surface area contributed by atoms with Crippen molar-refractivity contribution in [2.75, 3.05) is 27.2 Å². The lowest BCUT2D eigenvalue weighted by Crippen LogP contribution is -2.48. The van der Waals surface area contributed by atoms with Gasteiger partial charge < -0.3 is 15.5 Å². The number of amides is 2. The van der Waals surface area contributed by atoms with Crippen LogP contribution in [0, 0.1) is 5.92 Å². The lowest BCUT2D eigenvalue weighted by molar-refractivity contribution is -0.144. The maximum absolute atomic E-state index is 12.0. The number of nitrogens with zero attached hydrogens (tertiary/aromatic N) is 2. The first kappa shape index (κ1) is 13.0. The molecule has 1 aliphatic heterocycles. The second-order valence-corrected chi connectivity index (χ2v) is 4.56. The summed E-state index contributed by atoms with van der Waals surface area (Å²) in [6, 6.07) is -0.281. The molecule has 2 amide bonds. The first-order valence-corrected chi connectivity index (χ1v) is 5.70. The highest BCUT2D eigenvalue weighted by molar-refractivity contribution is 5.88. The number of nitrogens with two attached hydrogens (primary N) is 1. The van der Waals surface area contributed by atoms with Gasteiger partial charge in [0.25, 0.3) is 0 Å². The molecule has 0 aromatic carbocycles. The van der Waals surface area contributed by atoms with Crippen molar-refractivity contribution < 1.29 is 9.59 Å². The molecule has 16 heavy (non-hydrogen) atoms. The number of likely N-dealkylation sites (tertiary alicyclic amines) is 1. The fraction of sp³-hybridized carbons (Fsp3) is 0.818. The number of hydrogen-bond acceptors (Lipinski definition) is 3. The summed E-state index contributed by atoms with van der Waals surface area (Å²) in [4.78, 5) is 27.1. The van der Waals surface area contributed by atoms with E-state index >= 15 is 0 Å². The van der Waals surface area contributed by atoms with Crippen LogP contribution in [0.25, 0.3) is 0 Å². The SMILES string of the molecule is CC(CN)C(=O)N1CCCC1C(=O)N(C)C. The Morgan fingerprint density at radius 1 is 1.50 bits per heavy atom. The monoisotopic (exact) mass is 227 g/mol. The van der Waals surface area contributed by atoms with Gasteiger partial charge in [0.1, 0.15) is 6.04 Å². The highest BCUT2D eigenvalue weighted by Gasteiger charge is 2.36. The Labute approximate surface area is 96.6 Å². The van der Waals surface area contributed by atoms with Gasteiger partial charge in [-0.25, -0.2) is 0 Å². The lowest BCUT2D eigenvalue weighted by atomic mass is 10.1. The van der Waals surface area contributed by atoms with Crippen molar-refractivity contribution in [2.45, 2.75) is 25.8 Å². The van der Waals surface area contributed by atoms with Crippen LogP contribution in [0.15, 0.2) is 0 Å². The molecule has 2 atom stereocenters. The fourth-order valence-corrected chi connectivity index (χ4v) is 1.97. The van der Waals surface area contributed by atoms with E-state index in [0.29, 0.717) is 13.1 Å². The first-order valence-electron chi connectivity index (χ1n) is 5.70. The maximum Gasteiger partial charge on any atom is 0.244 e. The van der Waals surface area contributed by atoms with Gasteiger partial charge in [-0.1, -0.05) is 6.92 Å². The van der Waals surface area contributed by atoms with Crippen LogP contribution >= 0.6 is 0 Å². The van der Waals surface area contributed by atoms with E-state index in [2.05, 4.69) is 0 Å². The van der Waals surface area contributed by atoms with Gasteiger partial charge in [-0.2, -0.15) is 0 Å². The molecule has 0 aromatic heterocycles. The predicted molar refractivity (Wildman–Crippen MR) is 61.6 cm³/mol. The lowest BCUT2D eigenvalue weighted by Gasteiger charge is -2.28. The Kier molecular flexibility index (Phi) is 4.29. The minimum Gasteiger partial charge on any atom is -0.347 e. The van der Waals surface area contributed by atoms with E-state index in [-0.39, 0.29) is 23.8 Å². The van der Waals surface area contributed by atoms with Crippen molar-refractivity contribution in [3.8, 4) is 0 Å². The molecule has 1 fully saturated rings. The standard InChI is InChI=1S/C11H21N3O2/c1-8(7-12)10(15)14-6-4-5-9(14)11(16)13(2)3/h8-9H,4-7,12H2,1-3H3. The van der Waals surface area contributed by atoms with E-state index in [1.54, 1.807) is 30.8 Å². The molecule has 0 radical (unpaired) electrons. The van der Waals surface area contributed by atoms with E-state index in [4.69, 9.17) is 5.73 Å². The van der Waals surface area contributed by atoms with Gasteiger partial charge in [-0.3, -0.25) is 9.59 Å². The van der Waals surface area contributed by atoms with E-state index in [1.165, 1.54) is 0 Å². The Hall–Kier alpha value is -1.10. The number of hydrogen-bond donors (Lipinski definition) is 1. The summed E-state index contributed by atoms with van der Waals surface area (Å²) in [5, 5.41) is 0. The molecule has 92 valence electrons. The molecular weight excluding hydrogens is 206 g/mol. The van der Waals surface area contributed by atoms with Crippen LogP contribution in [-0.4, -0.2) is 54.8 Å². The summed E-state index contributed by atoms with van der Waals surface area (Å²) in [6.07, 6.45) is 1.66. The summed E-state index contributed by atoms with van der Waals surface area (Å²) in [5.41, 5.74) is 5.48. The van der Waals surface area contributed by atoms with Crippen LogP contribution < -0.4 is 5.73 Å². The molecule has 2 unspecified atom stereocenters. The summed E-state index contributed by atoms with van der Waals surface area (Å²) < 4.78 is 0. The Balaban J connectivity index is 2.73. The van der Waals surface area contributed by atoms with E-state index in [9.17, 15) is 9.59 Å². The number of rotatable bonds is 3. The van der Waals surface area contributed by atoms with Crippen molar-refractivity contribution in [3.05, 3.63) is 0 Å². The van der Waals surface area contributed by atoms with Gasteiger partial charge in [0.2, 0.25) is 11.8 Å². The molecule has 5 heteroatoms. The molecule has 0 saturated carbocycles. The number of carbonyl (C=O) groups is 2. The topological polar surface area (TPSA) is 66.6 Å². The van der Waals surface area contributed by atoms with Gasteiger partial charge in [0.05, 0.1) is 0 Å². The van der Waals surface area contributed by atoms with Crippen LogP contribution in [-0.2, 0) is 9.59 Å². The van der Waals surface area contributed by atoms with Crippen LogP contribution in [0.4, 0.5) is 0 Å². The summed E-state index contributed by atoms with van der Waals surface area (Å²) in [6.45, 7) is 2.81. The number of carbonyl (C=O) groups excluding carboxylic acids is 2. The zero-order chi connectivity index (χ0) is 12.3. The van der Waals surface area contributed by atoms with Crippen molar-refractivity contribution in [3.63, 3.8) is 0 Å². The minimum absolute atomic E-state index is 0.000185. The van der Waals surface area contributed by atoms with Crippen molar-refractivity contribution in [1.82, 2.24) is 9.80 Å². The minimum atomic E-state index is -0.281. The molecule has 0 aliphatic carbocycles. The third kappa shape index (κ3) is 2.52. The molecule has 0 aromatic rings. The first-order chi connectivity index (χ1) is 7.49. The van der Waals surface area contributed by atoms with Gasteiger partial charge in [-0.05, 0) is 12.8 Å². The molecule has 1 rings (SSSR count).